The van der Waals surface area contributed by atoms with Crippen LogP contribution in [0.15, 0.2) is 42.6 Å². The fraction of sp³-hybridized carbons (Fsp3) is 0.368. The summed E-state index contributed by atoms with van der Waals surface area (Å²) in [5.41, 5.74) is 3.50. The van der Waals surface area contributed by atoms with Crippen LogP contribution in [0.4, 0.5) is 0 Å². The average molecular weight is 338 g/mol. The van der Waals surface area contributed by atoms with Gasteiger partial charge in [0.25, 0.3) is 0 Å². The molecule has 1 aliphatic rings. The molecule has 1 atom stereocenters. The van der Waals surface area contributed by atoms with Crippen LogP contribution >= 0.6 is 0 Å². The summed E-state index contributed by atoms with van der Waals surface area (Å²) in [7, 11) is 0. The topological polar surface area (TPSA) is 62.9 Å². The molecule has 6 heteroatoms. The van der Waals surface area contributed by atoms with E-state index < -0.39 is 0 Å². The fourth-order valence-electron chi connectivity index (χ4n) is 3.30. The standard InChI is InChI=1S/C19H22N4O2/c1-2-22-9-8-16(12-22)25-19-7-6-18-20-11-17(23(18)21-19)15-5-3-4-14(10-15)13-24/h3-7,10-11,16,24H,2,8-9,12-13H2,1H3. The first-order chi connectivity index (χ1) is 12.3. The summed E-state index contributed by atoms with van der Waals surface area (Å²) in [6.45, 7) is 5.27. The Morgan fingerprint density at radius 1 is 1.28 bits per heavy atom. The van der Waals surface area contributed by atoms with Crippen LogP contribution in [0.25, 0.3) is 16.9 Å². The Hall–Kier alpha value is -2.44. The molecule has 0 amide bonds. The highest BCUT2D eigenvalue weighted by Crippen LogP contribution is 2.23. The zero-order chi connectivity index (χ0) is 17.2. The van der Waals surface area contributed by atoms with Crippen LogP contribution in [0.2, 0.25) is 0 Å². The maximum atomic E-state index is 9.36. The van der Waals surface area contributed by atoms with Gasteiger partial charge in [0, 0.05) is 24.7 Å². The molecular weight excluding hydrogens is 316 g/mol. The van der Waals surface area contributed by atoms with Crippen LogP contribution in [-0.2, 0) is 6.61 Å². The number of fused-ring (bicyclic) bond motifs is 1. The predicted molar refractivity (Wildman–Crippen MR) is 95.5 cm³/mol. The normalized spacial score (nSPS) is 18.1. The summed E-state index contributed by atoms with van der Waals surface area (Å²) in [5.74, 6) is 0.619. The number of benzene rings is 1. The molecule has 6 nitrogen and oxygen atoms in total. The first-order valence-corrected chi connectivity index (χ1v) is 8.71. The number of hydrogen-bond donors (Lipinski definition) is 1. The van der Waals surface area contributed by atoms with Gasteiger partial charge in [-0.25, -0.2) is 9.50 Å². The van der Waals surface area contributed by atoms with Gasteiger partial charge in [0.15, 0.2) is 5.65 Å². The predicted octanol–water partition coefficient (Wildman–Crippen LogP) is 2.36. The van der Waals surface area contributed by atoms with Gasteiger partial charge < -0.3 is 9.84 Å². The van der Waals surface area contributed by atoms with E-state index in [-0.39, 0.29) is 12.7 Å². The smallest absolute Gasteiger partial charge is 0.232 e. The lowest BCUT2D eigenvalue weighted by Crippen LogP contribution is -2.24. The van der Waals surface area contributed by atoms with Gasteiger partial charge in [-0.3, -0.25) is 4.90 Å². The van der Waals surface area contributed by atoms with Crippen LogP contribution in [0.5, 0.6) is 5.88 Å². The molecule has 25 heavy (non-hydrogen) atoms. The fourth-order valence-corrected chi connectivity index (χ4v) is 3.30. The Labute approximate surface area is 146 Å². The van der Waals surface area contributed by atoms with Gasteiger partial charge >= 0.3 is 0 Å². The average Bonchev–Trinajstić information content (AvgIpc) is 3.28. The van der Waals surface area contributed by atoms with Crippen molar-refractivity contribution in [3.05, 3.63) is 48.2 Å². The Morgan fingerprint density at radius 3 is 3.00 bits per heavy atom. The number of hydrogen-bond acceptors (Lipinski definition) is 5. The van der Waals surface area contributed by atoms with E-state index in [1.165, 1.54) is 0 Å². The molecule has 130 valence electrons. The molecule has 2 aromatic heterocycles. The highest BCUT2D eigenvalue weighted by atomic mass is 16.5. The number of nitrogens with zero attached hydrogens (tertiary/aromatic N) is 4. The van der Waals surface area contributed by atoms with Crippen LogP contribution < -0.4 is 4.74 Å². The minimum absolute atomic E-state index is 0.0158. The molecule has 4 rings (SSSR count). The molecule has 1 saturated heterocycles. The molecule has 1 aliphatic heterocycles. The lowest BCUT2D eigenvalue weighted by atomic mass is 10.1. The summed E-state index contributed by atoms with van der Waals surface area (Å²) >= 11 is 0. The number of aliphatic hydroxyl groups is 1. The second-order valence-corrected chi connectivity index (χ2v) is 6.37. The van der Waals surface area contributed by atoms with Crippen LogP contribution in [-0.4, -0.2) is 50.3 Å². The molecule has 0 aliphatic carbocycles. The lowest BCUT2D eigenvalue weighted by molar-refractivity contribution is 0.192. The minimum atomic E-state index is 0.0158. The molecule has 3 heterocycles. The van der Waals surface area contributed by atoms with E-state index in [0.29, 0.717) is 5.88 Å². The quantitative estimate of drug-likeness (QED) is 0.774. The monoisotopic (exact) mass is 338 g/mol. The minimum Gasteiger partial charge on any atom is -0.472 e. The van der Waals surface area contributed by atoms with E-state index in [1.807, 2.05) is 36.4 Å². The zero-order valence-corrected chi connectivity index (χ0v) is 14.3. The van der Waals surface area contributed by atoms with E-state index in [0.717, 1.165) is 48.5 Å². The Balaban J connectivity index is 1.63. The van der Waals surface area contributed by atoms with Gasteiger partial charge in [0.2, 0.25) is 5.88 Å². The highest BCUT2D eigenvalue weighted by molar-refractivity contribution is 5.63. The van der Waals surface area contributed by atoms with Crippen molar-refractivity contribution in [1.82, 2.24) is 19.5 Å². The maximum Gasteiger partial charge on any atom is 0.232 e. The number of aromatic nitrogens is 3. The maximum absolute atomic E-state index is 9.36. The zero-order valence-electron chi connectivity index (χ0n) is 14.3. The van der Waals surface area contributed by atoms with E-state index in [2.05, 4.69) is 21.9 Å². The van der Waals surface area contributed by atoms with E-state index >= 15 is 0 Å². The molecule has 0 bridgehead atoms. The second kappa shape index (κ2) is 6.82. The summed E-state index contributed by atoms with van der Waals surface area (Å²) in [4.78, 5) is 6.80. The van der Waals surface area contributed by atoms with Gasteiger partial charge in [-0.2, -0.15) is 0 Å². The second-order valence-electron chi connectivity index (χ2n) is 6.37. The van der Waals surface area contributed by atoms with Crippen molar-refractivity contribution in [2.75, 3.05) is 19.6 Å². The van der Waals surface area contributed by atoms with Crippen molar-refractivity contribution >= 4 is 5.65 Å². The Morgan fingerprint density at radius 2 is 2.20 bits per heavy atom. The molecular formula is C19H22N4O2. The number of imidazole rings is 1. The largest absolute Gasteiger partial charge is 0.472 e. The molecule has 3 aromatic rings. The van der Waals surface area contributed by atoms with E-state index in [4.69, 9.17) is 4.74 Å². The Bertz CT molecular complexity index is 877. The third-order valence-electron chi connectivity index (χ3n) is 4.71. The van der Waals surface area contributed by atoms with Gasteiger partial charge in [0.05, 0.1) is 18.5 Å². The van der Waals surface area contributed by atoms with Crippen molar-refractivity contribution < 1.29 is 9.84 Å². The third kappa shape index (κ3) is 3.23. The Kier molecular flexibility index (Phi) is 4.38. The van der Waals surface area contributed by atoms with Gasteiger partial charge in [-0.1, -0.05) is 25.1 Å². The number of likely N-dealkylation sites (tertiary alicyclic amines) is 1. The molecule has 0 spiro atoms. The van der Waals surface area contributed by atoms with Gasteiger partial charge in [0.1, 0.15) is 6.10 Å². The van der Waals surface area contributed by atoms with Crippen molar-refractivity contribution in [2.45, 2.75) is 26.1 Å². The van der Waals surface area contributed by atoms with Crippen molar-refractivity contribution in [3.63, 3.8) is 0 Å². The van der Waals surface area contributed by atoms with Gasteiger partial charge in [-0.05, 0) is 30.7 Å². The third-order valence-corrected chi connectivity index (χ3v) is 4.71. The van der Waals surface area contributed by atoms with Crippen LogP contribution in [0, 0.1) is 0 Å². The molecule has 1 N–H and O–H groups in total. The van der Waals surface area contributed by atoms with E-state index in [9.17, 15) is 5.11 Å². The molecule has 1 fully saturated rings. The molecule has 1 unspecified atom stereocenters. The van der Waals surface area contributed by atoms with E-state index in [1.54, 1.807) is 10.7 Å². The lowest BCUT2D eigenvalue weighted by Gasteiger charge is -2.14. The summed E-state index contributed by atoms with van der Waals surface area (Å²) < 4.78 is 7.88. The van der Waals surface area contributed by atoms with Crippen molar-refractivity contribution in [2.24, 2.45) is 0 Å². The summed E-state index contributed by atoms with van der Waals surface area (Å²) in [6, 6.07) is 11.6. The molecule has 0 saturated carbocycles. The van der Waals surface area contributed by atoms with Crippen LogP contribution in [0.3, 0.4) is 0 Å². The number of ether oxygens (including phenoxy) is 1. The summed E-state index contributed by atoms with van der Waals surface area (Å²) in [5, 5.41) is 14.0. The first kappa shape index (κ1) is 16.1. The number of rotatable bonds is 5. The van der Waals surface area contributed by atoms with Crippen molar-refractivity contribution in [3.8, 4) is 17.1 Å². The van der Waals surface area contributed by atoms with Crippen molar-refractivity contribution in [1.29, 1.82) is 0 Å². The van der Waals surface area contributed by atoms with Gasteiger partial charge in [-0.15, -0.1) is 5.10 Å². The number of likely N-dealkylation sites (N-methyl/N-ethyl adjacent to an activating group) is 1. The summed E-state index contributed by atoms with van der Waals surface area (Å²) in [6.07, 6.45) is 3.02. The number of aliphatic hydroxyl groups excluding tert-OH is 1. The highest BCUT2D eigenvalue weighted by Gasteiger charge is 2.23. The first-order valence-electron chi connectivity index (χ1n) is 8.71. The molecule has 1 aromatic carbocycles. The molecule has 0 radical (unpaired) electrons. The SMILES string of the molecule is CCN1CCC(Oc2ccc3ncc(-c4cccc(CO)c4)n3n2)C1. The van der Waals surface area contributed by atoms with Crippen LogP contribution in [0.1, 0.15) is 18.9 Å².